The standard InChI is InChI=1S/C30H38N6O7/c1-29(2,3)43-28(39)35-18(15-37)24-25(42-30(4,5)41-24)23(35)22-20-21(34-36(22)19-13-9-10-14-40-19)26(32-16-31-20)33-27(38)17-11-7-6-8-12-17/h6-8,11-12,16,18-19,23-25,37H,9-10,13-15H2,1-5H3,(H,31,32,33,38)/t18-,19?,23-,24-,25?/m0/s1. The number of nitrogens with zero attached hydrogens (tertiary/aromatic N) is 5. The van der Waals surface area contributed by atoms with Gasteiger partial charge < -0.3 is 29.4 Å². The zero-order valence-corrected chi connectivity index (χ0v) is 25.0. The molecule has 2 amide bonds. The van der Waals surface area contributed by atoms with Crippen molar-refractivity contribution in [2.45, 2.75) is 95.8 Å². The minimum atomic E-state index is -0.965. The van der Waals surface area contributed by atoms with Gasteiger partial charge in [-0.3, -0.25) is 9.69 Å². The van der Waals surface area contributed by atoms with Crippen LogP contribution in [-0.4, -0.2) is 84.6 Å². The molecule has 6 rings (SSSR count). The number of amides is 2. The molecule has 5 heterocycles. The van der Waals surface area contributed by atoms with E-state index < -0.39 is 48.0 Å². The van der Waals surface area contributed by atoms with Crippen LogP contribution in [0.3, 0.4) is 0 Å². The number of likely N-dealkylation sites (tertiary alicyclic amines) is 1. The van der Waals surface area contributed by atoms with E-state index in [2.05, 4.69) is 15.3 Å². The number of ether oxygens (including phenoxy) is 4. The quantitative estimate of drug-likeness (QED) is 0.444. The fourth-order valence-corrected chi connectivity index (χ4v) is 6.13. The molecule has 3 aliphatic rings. The first-order valence-electron chi connectivity index (χ1n) is 14.7. The number of rotatable bonds is 5. The molecule has 3 saturated heterocycles. The fourth-order valence-electron chi connectivity index (χ4n) is 6.13. The highest BCUT2D eigenvalue weighted by Gasteiger charge is 2.61. The maximum atomic E-state index is 13.9. The van der Waals surface area contributed by atoms with Crippen LogP contribution < -0.4 is 5.32 Å². The molecule has 230 valence electrons. The Morgan fingerprint density at radius 1 is 1.09 bits per heavy atom. The van der Waals surface area contributed by atoms with Crippen molar-refractivity contribution in [3.8, 4) is 0 Å². The number of benzene rings is 1. The van der Waals surface area contributed by atoms with Gasteiger partial charge in [-0.05, 0) is 66.0 Å². The van der Waals surface area contributed by atoms with Crippen LogP contribution in [0.25, 0.3) is 11.0 Å². The molecular formula is C30H38N6O7. The van der Waals surface area contributed by atoms with Crippen molar-refractivity contribution in [3.05, 3.63) is 47.9 Å². The Balaban J connectivity index is 1.52. The van der Waals surface area contributed by atoms with Gasteiger partial charge in [-0.15, -0.1) is 0 Å². The van der Waals surface area contributed by atoms with Gasteiger partial charge in [0.15, 0.2) is 23.3 Å². The number of carbonyl (C=O) groups excluding carboxylic acids is 2. The number of fused-ring (bicyclic) bond motifs is 2. The van der Waals surface area contributed by atoms with Crippen LogP contribution in [0.4, 0.5) is 10.6 Å². The second kappa shape index (κ2) is 11.1. The van der Waals surface area contributed by atoms with Gasteiger partial charge in [0, 0.05) is 12.2 Å². The smallest absolute Gasteiger partial charge is 0.411 e. The van der Waals surface area contributed by atoms with Crippen LogP contribution in [0.2, 0.25) is 0 Å². The summed E-state index contributed by atoms with van der Waals surface area (Å²) in [6.45, 7) is 9.11. The van der Waals surface area contributed by atoms with Crippen LogP contribution in [-0.2, 0) is 18.9 Å². The third kappa shape index (κ3) is 5.57. The lowest BCUT2D eigenvalue weighted by molar-refractivity contribution is -0.169. The van der Waals surface area contributed by atoms with E-state index in [-0.39, 0.29) is 18.3 Å². The molecule has 0 spiro atoms. The van der Waals surface area contributed by atoms with Gasteiger partial charge in [-0.25, -0.2) is 19.4 Å². The number of nitrogens with one attached hydrogen (secondary N) is 1. The Labute approximate surface area is 249 Å². The van der Waals surface area contributed by atoms with E-state index in [1.54, 1.807) is 63.6 Å². The normalized spacial score (nSPS) is 26.8. The molecule has 0 aliphatic carbocycles. The highest BCUT2D eigenvalue weighted by molar-refractivity contribution is 6.07. The number of hydrogen-bond donors (Lipinski definition) is 2. The Morgan fingerprint density at radius 2 is 1.84 bits per heavy atom. The first-order valence-corrected chi connectivity index (χ1v) is 14.7. The first kappa shape index (κ1) is 29.4. The van der Waals surface area contributed by atoms with Crippen molar-refractivity contribution in [2.24, 2.45) is 0 Å². The van der Waals surface area contributed by atoms with Crippen molar-refractivity contribution < 1.29 is 33.6 Å². The summed E-state index contributed by atoms with van der Waals surface area (Å²) in [6, 6.07) is 7.22. The molecule has 0 saturated carbocycles. The number of carbonyl (C=O) groups is 2. The van der Waals surface area contributed by atoms with E-state index in [1.807, 2.05) is 6.07 Å². The number of aromatic nitrogens is 4. The molecule has 0 bridgehead atoms. The van der Waals surface area contributed by atoms with Gasteiger partial charge >= 0.3 is 6.09 Å². The molecular weight excluding hydrogens is 556 g/mol. The molecule has 3 fully saturated rings. The maximum Gasteiger partial charge on any atom is 0.411 e. The second-order valence-corrected chi connectivity index (χ2v) is 12.5. The minimum Gasteiger partial charge on any atom is -0.444 e. The van der Waals surface area contributed by atoms with Gasteiger partial charge in [-0.1, -0.05) is 18.2 Å². The lowest BCUT2D eigenvalue weighted by Gasteiger charge is -2.35. The van der Waals surface area contributed by atoms with E-state index in [9.17, 15) is 14.7 Å². The van der Waals surface area contributed by atoms with Crippen molar-refractivity contribution in [1.29, 1.82) is 0 Å². The van der Waals surface area contributed by atoms with Crippen LogP contribution in [0.1, 0.15) is 82.2 Å². The monoisotopic (exact) mass is 594 g/mol. The van der Waals surface area contributed by atoms with E-state index in [0.717, 1.165) is 12.8 Å². The summed E-state index contributed by atoms with van der Waals surface area (Å²) in [7, 11) is 0. The average Bonchev–Trinajstić information content (AvgIpc) is 3.59. The zero-order valence-electron chi connectivity index (χ0n) is 25.0. The summed E-state index contributed by atoms with van der Waals surface area (Å²) in [6.07, 6.45) is 1.44. The van der Waals surface area contributed by atoms with Crippen molar-refractivity contribution >= 4 is 28.9 Å². The lowest BCUT2D eigenvalue weighted by atomic mass is 10.0. The average molecular weight is 595 g/mol. The molecule has 1 aromatic carbocycles. The second-order valence-electron chi connectivity index (χ2n) is 12.5. The van der Waals surface area contributed by atoms with E-state index in [0.29, 0.717) is 35.3 Å². The van der Waals surface area contributed by atoms with Crippen molar-refractivity contribution in [1.82, 2.24) is 24.6 Å². The molecule has 13 nitrogen and oxygen atoms in total. The highest BCUT2D eigenvalue weighted by Crippen LogP contribution is 2.49. The summed E-state index contributed by atoms with van der Waals surface area (Å²) in [5, 5.41) is 18.4. The third-order valence-corrected chi connectivity index (χ3v) is 7.80. The summed E-state index contributed by atoms with van der Waals surface area (Å²) in [4.78, 5) is 37.4. The molecule has 2 unspecified atom stereocenters. The minimum absolute atomic E-state index is 0.218. The molecule has 2 aromatic heterocycles. The molecule has 13 heteroatoms. The number of aliphatic hydroxyl groups is 1. The number of hydrogen-bond acceptors (Lipinski definition) is 10. The zero-order chi connectivity index (χ0) is 30.5. The fraction of sp³-hybridized carbons (Fsp3) is 0.567. The molecule has 2 N–H and O–H groups in total. The van der Waals surface area contributed by atoms with Crippen LogP contribution in [0, 0.1) is 0 Å². The Bertz CT molecular complexity index is 1500. The Hall–Kier alpha value is -3.65. The highest BCUT2D eigenvalue weighted by atomic mass is 16.8. The largest absolute Gasteiger partial charge is 0.444 e. The third-order valence-electron chi connectivity index (χ3n) is 7.80. The summed E-state index contributed by atoms with van der Waals surface area (Å²) in [5.41, 5.74) is 0.937. The van der Waals surface area contributed by atoms with Gasteiger partial charge in [-0.2, -0.15) is 5.10 Å². The van der Waals surface area contributed by atoms with Crippen LogP contribution >= 0.6 is 0 Å². The topological polar surface area (TPSA) is 150 Å². The van der Waals surface area contributed by atoms with E-state index >= 15 is 0 Å². The molecule has 3 aliphatic heterocycles. The molecule has 3 aromatic rings. The van der Waals surface area contributed by atoms with E-state index in [1.165, 1.54) is 11.2 Å². The van der Waals surface area contributed by atoms with Gasteiger partial charge in [0.1, 0.15) is 35.7 Å². The SMILES string of the molecule is CC(C)(C)OC(=O)N1[C@@H](c2c3ncnc(NC(=O)c4ccccc4)c3nn2C2CCCCO2)C2OC(C)(C)O[C@H]2[C@@H]1CO. The van der Waals surface area contributed by atoms with E-state index in [4.69, 9.17) is 24.0 Å². The number of anilines is 1. The maximum absolute atomic E-state index is 13.9. The molecule has 43 heavy (non-hydrogen) atoms. The van der Waals surface area contributed by atoms with Gasteiger partial charge in [0.2, 0.25) is 0 Å². The predicted octanol–water partition coefficient (Wildman–Crippen LogP) is 3.95. The van der Waals surface area contributed by atoms with Crippen LogP contribution in [0.5, 0.6) is 0 Å². The Kier molecular flexibility index (Phi) is 7.61. The molecule has 5 atom stereocenters. The summed E-state index contributed by atoms with van der Waals surface area (Å²) < 4.78 is 26.4. The summed E-state index contributed by atoms with van der Waals surface area (Å²) >= 11 is 0. The van der Waals surface area contributed by atoms with Crippen LogP contribution in [0.15, 0.2) is 36.7 Å². The predicted molar refractivity (Wildman–Crippen MR) is 154 cm³/mol. The van der Waals surface area contributed by atoms with Crippen molar-refractivity contribution in [3.63, 3.8) is 0 Å². The summed E-state index contributed by atoms with van der Waals surface area (Å²) in [5.74, 6) is -1.10. The van der Waals surface area contributed by atoms with Gasteiger partial charge in [0.05, 0.1) is 18.3 Å². The number of aliphatic hydroxyl groups excluding tert-OH is 1. The first-order chi connectivity index (χ1) is 20.5. The van der Waals surface area contributed by atoms with Crippen molar-refractivity contribution in [2.75, 3.05) is 18.5 Å². The Morgan fingerprint density at radius 3 is 2.51 bits per heavy atom. The molecule has 0 radical (unpaired) electrons. The lowest BCUT2D eigenvalue weighted by Crippen LogP contribution is -2.47. The van der Waals surface area contributed by atoms with Gasteiger partial charge in [0.25, 0.3) is 5.91 Å².